The Kier molecular flexibility index (Phi) is 2.94. The fraction of sp³-hybridized carbons (Fsp3) is 0.500. The summed E-state index contributed by atoms with van der Waals surface area (Å²) in [6.07, 6.45) is 4.53. The smallest absolute Gasteiger partial charge is 0.231 e. The number of thiophene rings is 1. The zero-order valence-electron chi connectivity index (χ0n) is 9.50. The molecule has 2 aromatic rings. The molecule has 2 N–H and O–H groups in total. The van der Waals surface area contributed by atoms with E-state index in [-0.39, 0.29) is 12.0 Å². The molecular formula is C12H15N3OS. The summed E-state index contributed by atoms with van der Waals surface area (Å²) in [5.41, 5.74) is 7.14. The Bertz CT molecular complexity index is 480. The molecule has 0 aliphatic heterocycles. The minimum atomic E-state index is 0.166. The van der Waals surface area contributed by atoms with Gasteiger partial charge in [-0.25, -0.2) is 0 Å². The highest BCUT2D eigenvalue weighted by Gasteiger charge is 2.28. The normalized spacial score (nSPS) is 25.0. The summed E-state index contributed by atoms with van der Waals surface area (Å²) in [6, 6.07) is 2.17. The first-order valence-corrected chi connectivity index (χ1v) is 6.90. The van der Waals surface area contributed by atoms with Gasteiger partial charge >= 0.3 is 0 Å². The van der Waals surface area contributed by atoms with Gasteiger partial charge < -0.3 is 10.3 Å². The summed E-state index contributed by atoms with van der Waals surface area (Å²) < 4.78 is 5.36. The lowest BCUT2D eigenvalue weighted by Gasteiger charge is -2.25. The van der Waals surface area contributed by atoms with Gasteiger partial charge in [-0.3, -0.25) is 0 Å². The number of nitrogens with zero attached hydrogens (tertiary/aromatic N) is 2. The van der Waals surface area contributed by atoms with Crippen LogP contribution in [0.2, 0.25) is 0 Å². The van der Waals surface area contributed by atoms with Gasteiger partial charge in [0.05, 0.1) is 5.92 Å². The van der Waals surface area contributed by atoms with Crippen molar-refractivity contribution >= 4 is 11.3 Å². The van der Waals surface area contributed by atoms with E-state index in [1.807, 2.05) is 16.8 Å². The lowest BCUT2D eigenvalue weighted by Crippen LogP contribution is -2.31. The number of nitrogens with two attached hydrogens (primary N) is 1. The summed E-state index contributed by atoms with van der Waals surface area (Å²) in [5.74, 6) is 1.63. The molecule has 0 saturated heterocycles. The summed E-state index contributed by atoms with van der Waals surface area (Å²) in [6.45, 7) is 0. The second kappa shape index (κ2) is 4.58. The molecule has 2 atom stereocenters. The molecule has 0 aromatic carbocycles. The standard InChI is InChI=1S/C12H15N3OS/c13-10-4-2-1-3-9(10)12-14-11(15-16-12)8-5-6-17-7-8/h5-7,9-10H,1-4,13H2/t9-,10-/m1/s1. The molecular weight excluding hydrogens is 234 g/mol. The van der Waals surface area contributed by atoms with Gasteiger partial charge in [0.15, 0.2) is 0 Å². The summed E-state index contributed by atoms with van der Waals surface area (Å²) >= 11 is 1.63. The Balaban J connectivity index is 1.84. The molecule has 1 fully saturated rings. The van der Waals surface area contributed by atoms with Crippen molar-refractivity contribution in [2.24, 2.45) is 5.73 Å². The van der Waals surface area contributed by atoms with Crippen molar-refractivity contribution in [2.45, 2.75) is 37.6 Å². The highest BCUT2D eigenvalue weighted by Crippen LogP contribution is 2.32. The number of aromatic nitrogens is 2. The Labute approximate surface area is 104 Å². The maximum atomic E-state index is 6.11. The van der Waals surface area contributed by atoms with Crippen LogP contribution in [0.4, 0.5) is 0 Å². The molecule has 1 aliphatic carbocycles. The Hall–Kier alpha value is -1.20. The van der Waals surface area contributed by atoms with E-state index in [4.69, 9.17) is 10.3 Å². The van der Waals surface area contributed by atoms with Crippen LogP contribution in [0, 0.1) is 0 Å². The quantitative estimate of drug-likeness (QED) is 0.888. The Morgan fingerprint density at radius 1 is 1.35 bits per heavy atom. The van der Waals surface area contributed by atoms with Crippen LogP contribution in [-0.4, -0.2) is 16.2 Å². The minimum Gasteiger partial charge on any atom is -0.339 e. The highest BCUT2D eigenvalue weighted by atomic mass is 32.1. The van der Waals surface area contributed by atoms with Crippen LogP contribution in [0.5, 0.6) is 0 Å². The predicted octanol–water partition coefficient (Wildman–Crippen LogP) is 2.78. The third-order valence-electron chi connectivity index (χ3n) is 3.36. The average molecular weight is 249 g/mol. The predicted molar refractivity (Wildman–Crippen MR) is 66.8 cm³/mol. The van der Waals surface area contributed by atoms with Gasteiger partial charge in [-0.1, -0.05) is 18.0 Å². The summed E-state index contributed by atoms with van der Waals surface area (Å²) in [4.78, 5) is 4.48. The maximum absolute atomic E-state index is 6.11. The van der Waals surface area contributed by atoms with E-state index in [1.54, 1.807) is 11.3 Å². The van der Waals surface area contributed by atoms with Crippen molar-refractivity contribution in [3.63, 3.8) is 0 Å². The molecule has 1 saturated carbocycles. The van der Waals surface area contributed by atoms with E-state index in [0.29, 0.717) is 11.7 Å². The first-order chi connectivity index (χ1) is 8.34. The molecule has 0 amide bonds. The minimum absolute atomic E-state index is 0.166. The van der Waals surface area contributed by atoms with E-state index in [0.717, 1.165) is 18.4 Å². The lowest BCUT2D eigenvalue weighted by atomic mass is 9.85. The molecule has 0 radical (unpaired) electrons. The Morgan fingerprint density at radius 2 is 2.24 bits per heavy atom. The van der Waals surface area contributed by atoms with Gasteiger partial charge in [-0.15, -0.1) is 0 Å². The molecule has 17 heavy (non-hydrogen) atoms. The van der Waals surface area contributed by atoms with Crippen LogP contribution in [-0.2, 0) is 0 Å². The van der Waals surface area contributed by atoms with Gasteiger partial charge in [0.2, 0.25) is 11.7 Å². The van der Waals surface area contributed by atoms with E-state index in [9.17, 15) is 0 Å². The number of rotatable bonds is 2. The molecule has 0 unspecified atom stereocenters. The van der Waals surface area contributed by atoms with Gasteiger partial charge in [0, 0.05) is 17.0 Å². The molecule has 0 bridgehead atoms. The maximum Gasteiger partial charge on any atom is 0.231 e. The zero-order chi connectivity index (χ0) is 11.7. The molecule has 2 heterocycles. The van der Waals surface area contributed by atoms with Crippen molar-refractivity contribution in [1.82, 2.24) is 10.1 Å². The topological polar surface area (TPSA) is 64.9 Å². The summed E-state index contributed by atoms with van der Waals surface area (Å²) in [7, 11) is 0. The molecule has 1 aliphatic rings. The van der Waals surface area contributed by atoms with Crippen molar-refractivity contribution in [1.29, 1.82) is 0 Å². The van der Waals surface area contributed by atoms with Crippen molar-refractivity contribution < 1.29 is 4.52 Å². The second-order valence-corrected chi connectivity index (χ2v) is 5.30. The summed E-state index contributed by atoms with van der Waals surface area (Å²) in [5, 5.41) is 8.07. The number of hydrogen-bond donors (Lipinski definition) is 1. The van der Waals surface area contributed by atoms with Crippen molar-refractivity contribution in [3.05, 3.63) is 22.7 Å². The van der Waals surface area contributed by atoms with E-state index in [2.05, 4.69) is 10.1 Å². The van der Waals surface area contributed by atoms with Crippen molar-refractivity contribution in [2.75, 3.05) is 0 Å². The van der Waals surface area contributed by atoms with Gasteiger partial charge in [0.25, 0.3) is 0 Å². The molecule has 0 spiro atoms. The molecule has 5 heteroatoms. The molecule has 2 aromatic heterocycles. The lowest BCUT2D eigenvalue weighted by molar-refractivity contribution is 0.290. The van der Waals surface area contributed by atoms with E-state index < -0.39 is 0 Å². The van der Waals surface area contributed by atoms with Crippen LogP contribution in [0.3, 0.4) is 0 Å². The molecule has 90 valence electrons. The third-order valence-corrected chi connectivity index (χ3v) is 4.04. The van der Waals surface area contributed by atoms with E-state index in [1.165, 1.54) is 12.8 Å². The molecule has 3 rings (SSSR count). The first kappa shape index (κ1) is 10.9. The van der Waals surface area contributed by atoms with Gasteiger partial charge in [-0.2, -0.15) is 16.3 Å². The fourth-order valence-corrected chi connectivity index (χ4v) is 3.00. The number of hydrogen-bond acceptors (Lipinski definition) is 5. The average Bonchev–Trinajstić information content (AvgIpc) is 3.00. The van der Waals surface area contributed by atoms with Crippen LogP contribution < -0.4 is 5.73 Å². The van der Waals surface area contributed by atoms with Crippen LogP contribution in [0.25, 0.3) is 11.4 Å². The first-order valence-electron chi connectivity index (χ1n) is 5.96. The van der Waals surface area contributed by atoms with Crippen LogP contribution in [0.15, 0.2) is 21.3 Å². The van der Waals surface area contributed by atoms with Crippen LogP contribution >= 0.6 is 11.3 Å². The second-order valence-electron chi connectivity index (χ2n) is 4.52. The van der Waals surface area contributed by atoms with Crippen molar-refractivity contribution in [3.8, 4) is 11.4 Å². The molecule has 4 nitrogen and oxygen atoms in total. The SMILES string of the molecule is N[C@@H]1CCCC[C@H]1c1nc(-c2ccsc2)no1. The largest absolute Gasteiger partial charge is 0.339 e. The monoisotopic (exact) mass is 249 g/mol. The van der Waals surface area contributed by atoms with Gasteiger partial charge in [0.1, 0.15) is 0 Å². The van der Waals surface area contributed by atoms with Gasteiger partial charge in [-0.05, 0) is 24.3 Å². The zero-order valence-corrected chi connectivity index (χ0v) is 10.3. The van der Waals surface area contributed by atoms with Crippen LogP contribution in [0.1, 0.15) is 37.5 Å². The third kappa shape index (κ3) is 2.12. The fourth-order valence-electron chi connectivity index (χ4n) is 2.36. The highest BCUT2D eigenvalue weighted by molar-refractivity contribution is 7.08. The Morgan fingerprint density at radius 3 is 3.00 bits per heavy atom. The van der Waals surface area contributed by atoms with E-state index >= 15 is 0 Å².